The standard InChI is InChI=1S/C14H19IN2O/c1-2-10-9-17(8-7-13(10)16)14(18)11-3-5-12(15)6-4-11/h3-6,10,13H,2,7-9,16H2,1H3. The number of hydrogen-bond donors (Lipinski definition) is 1. The van der Waals surface area contributed by atoms with Crippen molar-refractivity contribution in [2.75, 3.05) is 13.1 Å². The summed E-state index contributed by atoms with van der Waals surface area (Å²) < 4.78 is 1.15. The maximum absolute atomic E-state index is 12.4. The van der Waals surface area contributed by atoms with E-state index in [9.17, 15) is 4.79 Å². The molecule has 1 saturated heterocycles. The Morgan fingerprint density at radius 1 is 1.44 bits per heavy atom. The number of carbonyl (C=O) groups is 1. The molecule has 1 aromatic carbocycles. The largest absolute Gasteiger partial charge is 0.338 e. The highest BCUT2D eigenvalue weighted by Crippen LogP contribution is 2.20. The van der Waals surface area contributed by atoms with Gasteiger partial charge in [0.2, 0.25) is 0 Å². The van der Waals surface area contributed by atoms with E-state index in [1.807, 2.05) is 29.2 Å². The molecule has 2 atom stereocenters. The molecule has 0 radical (unpaired) electrons. The smallest absolute Gasteiger partial charge is 0.253 e. The Hall–Kier alpha value is -0.620. The van der Waals surface area contributed by atoms with E-state index in [1.54, 1.807) is 0 Å². The quantitative estimate of drug-likeness (QED) is 0.826. The first-order chi connectivity index (χ1) is 8.61. The lowest BCUT2D eigenvalue weighted by Crippen LogP contribution is -2.49. The van der Waals surface area contributed by atoms with E-state index in [-0.39, 0.29) is 11.9 Å². The fourth-order valence-electron chi connectivity index (χ4n) is 2.44. The van der Waals surface area contributed by atoms with Gasteiger partial charge in [0.15, 0.2) is 0 Å². The first-order valence-corrected chi connectivity index (χ1v) is 7.50. The zero-order valence-corrected chi connectivity index (χ0v) is 12.8. The summed E-state index contributed by atoms with van der Waals surface area (Å²) >= 11 is 2.24. The van der Waals surface area contributed by atoms with E-state index in [1.165, 1.54) is 0 Å². The van der Waals surface area contributed by atoms with Crippen LogP contribution in [0.1, 0.15) is 30.1 Å². The molecule has 0 aliphatic carbocycles. The van der Waals surface area contributed by atoms with Crippen molar-refractivity contribution in [3.63, 3.8) is 0 Å². The summed E-state index contributed by atoms with van der Waals surface area (Å²) in [6.45, 7) is 3.72. The van der Waals surface area contributed by atoms with Crippen LogP contribution in [0, 0.1) is 9.49 Å². The molecule has 2 rings (SSSR count). The lowest BCUT2D eigenvalue weighted by Gasteiger charge is -2.36. The molecule has 0 saturated carbocycles. The molecule has 2 unspecified atom stereocenters. The number of carbonyl (C=O) groups excluding carboxylic acids is 1. The van der Waals surface area contributed by atoms with Gasteiger partial charge < -0.3 is 10.6 Å². The number of rotatable bonds is 2. The van der Waals surface area contributed by atoms with Crippen molar-refractivity contribution in [1.29, 1.82) is 0 Å². The number of likely N-dealkylation sites (tertiary alicyclic amines) is 1. The fourth-order valence-corrected chi connectivity index (χ4v) is 2.80. The van der Waals surface area contributed by atoms with Gasteiger partial charge in [-0.05, 0) is 59.2 Å². The van der Waals surface area contributed by atoms with Crippen LogP contribution in [0.4, 0.5) is 0 Å². The van der Waals surface area contributed by atoms with Gasteiger partial charge >= 0.3 is 0 Å². The van der Waals surface area contributed by atoms with Crippen molar-refractivity contribution in [2.24, 2.45) is 11.7 Å². The average molecular weight is 358 g/mol. The van der Waals surface area contributed by atoms with Gasteiger partial charge in [-0.2, -0.15) is 0 Å². The molecular formula is C14H19IN2O. The van der Waals surface area contributed by atoms with Gasteiger partial charge in [-0.1, -0.05) is 13.3 Å². The monoisotopic (exact) mass is 358 g/mol. The van der Waals surface area contributed by atoms with Crippen LogP contribution >= 0.6 is 22.6 Å². The number of piperidine rings is 1. The van der Waals surface area contributed by atoms with Crippen molar-refractivity contribution in [1.82, 2.24) is 4.90 Å². The molecule has 1 fully saturated rings. The summed E-state index contributed by atoms with van der Waals surface area (Å²) in [5, 5.41) is 0. The Labute approximate surface area is 122 Å². The molecule has 3 nitrogen and oxygen atoms in total. The minimum absolute atomic E-state index is 0.136. The zero-order chi connectivity index (χ0) is 13.1. The molecule has 1 aliphatic heterocycles. The van der Waals surface area contributed by atoms with Crippen LogP contribution in [-0.4, -0.2) is 29.9 Å². The van der Waals surface area contributed by atoms with Crippen LogP contribution in [-0.2, 0) is 0 Å². The van der Waals surface area contributed by atoms with Crippen LogP contribution in [0.3, 0.4) is 0 Å². The van der Waals surface area contributed by atoms with Crippen LogP contribution in [0.25, 0.3) is 0 Å². The number of nitrogens with zero attached hydrogens (tertiary/aromatic N) is 1. The summed E-state index contributed by atoms with van der Waals surface area (Å²) in [6, 6.07) is 8.00. The predicted octanol–water partition coefficient (Wildman–Crippen LogP) is 2.49. The van der Waals surface area contributed by atoms with Gasteiger partial charge in [0.1, 0.15) is 0 Å². The van der Waals surface area contributed by atoms with E-state index < -0.39 is 0 Å². The Morgan fingerprint density at radius 2 is 2.11 bits per heavy atom. The average Bonchev–Trinajstić information content (AvgIpc) is 2.39. The summed E-state index contributed by atoms with van der Waals surface area (Å²) in [4.78, 5) is 14.3. The second-order valence-corrected chi connectivity index (χ2v) is 6.12. The van der Waals surface area contributed by atoms with E-state index >= 15 is 0 Å². The molecule has 1 aliphatic rings. The van der Waals surface area contributed by atoms with Crippen molar-refractivity contribution >= 4 is 28.5 Å². The normalized spacial score (nSPS) is 24.1. The van der Waals surface area contributed by atoms with E-state index in [0.717, 1.165) is 35.1 Å². The molecule has 1 heterocycles. The Bertz CT molecular complexity index is 418. The van der Waals surface area contributed by atoms with Crippen molar-refractivity contribution in [2.45, 2.75) is 25.8 Å². The predicted molar refractivity (Wildman–Crippen MR) is 81.4 cm³/mol. The van der Waals surface area contributed by atoms with Gasteiger partial charge in [-0.3, -0.25) is 4.79 Å². The molecule has 0 bridgehead atoms. The third kappa shape index (κ3) is 3.03. The minimum Gasteiger partial charge on any atom is -0.338 e. The van der Waals surface area contributed by atoms with Crippen LogP contribution in [0.2, 0.25) is 0 Å². The number of hydrogen-bond acceptors (Lipinski definition) is 2. The molecular weight excluding hydrogens is 339 g/mol. The Balaban J connectivity index is 2.07. The molecule has 18 heavy (non-hydrogen) atoms. The third-order valence-electron chi connectivity index (χ3n) is 3.70. The summed E-state index contributed by atoms with van der Waals surface area (Å²) in [5.41, 5.74) is 6.85. The maximum atomic E-state index is 12.4. The molecule has 1 amide bonds. The zero-order valence-electron chi connectivity index (χ0n) is 10.6. The Morgan fingerprint density at radius 3 is 2.72 bits per heavy atom. The summed E-state index contributed by atoms with van der Waals surface area (Å²) in [6.07, 6.45) is 1.95. The second kappa shape index (κ2) is 6.02. The van der Waals surface area contributed by atoms with Crippen LogP contribution in [0.15, 0.2) is 24.3 Å². The molecule has 0 spiro atoms. The van der Waals surface area contributed by atoms with Crippen LogP contribution in [0.5, 0.6) is 0 Å². The van der Waals surface area contributed by atoms with Gasteiger partial charge in [-0.25, -0.2) is 0 Å². The maximum Gasteiger partial charge on any atom is 0.253 e. The highest BCUT2D eigenvalue weighted by Gasteiger charge is 2.28. The second-order valence-electron chi connectivity index (χ2n) is 4.88. The molecule has 0 aromatic heterocycles. The molecule has 2 N–H and O–H groups in total. The molecule has 4 heteroatoms. The highest BCUT2D eigenvalue weighted by atomic mass is 127. The number of nitrogens with two attached hydrogens (primary N) is 1. The van der Waals surface area contributed by atoms with E-state index in [4.69, 9.17) is 5.73 Å². The van der Waals surface area contributed by atoms with Gasteiger partial charge in [-0.15, -0.1) is 0 Å². The summed E-state index contributed by atoms with van der Waals surface area (Å²) in [5.74, 6) is 0.572. The van der Waals surface area contributed by atoms with Gasteiger partial charge in [0.25, 0.3) is 5.91 Å². The minimum atomic E-state index is 0.136. The lowest BCUT2D eigenvalue weighted by atomic mass is 9.90. The number of benzene rings is 1. The lowest BCUT2D eigenvalue weighted by molar-refractivity contribution is 0.0649. The highest BCUT2D eigenvalue weighted by molar-refractivity contribution is 14.1. The first-order valence-electron chi connectivity index (χ1n) is 6.42. The number of amides is 1. The topological polar surface area (TPSA) is 46.3 Å². The Kier molecular flexibility index (Phi) is 4.61. The van der Waals surface area contributed by atoms with Gasteiger partial charge in [0.05, 0.1) is 0 Å². The molecule has 1 aromatic rings. The molecule has 98 valence electrons. The fraction of sp³-hybridized carbons (Fsp3) is 0.500. The van der Waals surface area contributed by atoms with Crippen molar-refractivity contribution in [3.8, 4) is 0 Å². The van der Waals surface area contributed by atoms with E-state index in [2.05, 4.69) is 29.5 Å². The van der Waals surface area contributed by atoms with Crippen molar-refractivity contribution in [3.05, 3.63) is 33.4 Å². The number of halogens is 1. The van der Waals surface area contributed by atoms with E-state index in [0.29, 0.717) is 5.92 Å². The van der Waals surface area contributed by atoms with Gasteiger partial charge in [0, 0.05) is 28.3 Å². The first kappa shape index (κ1) is 13.8. The van der Waals surface area contributed by atoms with Crippen LogP contribution < -0.4 is 5.73 Å². The summed E-state index contributed by atoms with van der Waals surface area (Å²) in [7, 11) is 0. The van der Waals surface area contributed by atoms with Crippen molar-refractivity contribution < 1.29 is 4.79 Å². The SMILES string of the molecule is CCC1CN(C(=O)c2ccc(I)cc2)CCC1N. The third-order valence-corrected chi connectivity index (χ3v) is 4.41.